The Labute approximate surface area is 125 Å². The summed E-state index contributed by atoms with van der Waals surface area (Å²) in [6, 6.07) is 10.1. The molecule has 2 atom stereocenters. The van der Waals surface area contributed by atoms with Gasteiger partial charge in [0.15, 0.2) is 0 Å². The van der Waals surface area contributed by atoms with Gasteiger partial charge in [-0.3, -0.25) is 9.59 Å². The van der Waals surface area contributed by atoms with Crippen LogP contribution >= 0.6 is 0 Å². The monoisotopic (exact) mass is 289 g/mol. The van der Waals surface area contributed by atoms with E-state index in [1.165, 1.54) is 5.56 Å². The minimum atomic E-state index is -0.834. The quantitative estimate of drug-likeness (QED) is 0.791. The second kappa shape index (κ2) is 7.81. The van der Waals surface area contributed by atoms with E-state index in [0.29, 0.717) is 19.4 Å². The summed E-state index contributed by atoms with van der Waals surface area (Å²) >= 11 is 0. The Bertz CT molecular complexity index is 472. The third kappa shape index (κ3) is 4.59. The molecule has 1 aliphatic rings. The maximum atomic E-state index is 12.1. The maximum Gasteiger partial charge on any atom is 0.307 e. The molecule has 2 N–H and O–H groups in total. The van der Waals surface area contributed by atoms with Crippen molar-refractivity contribution in [3.63, 3.8) is 0 Å². The largest absolute Gasteiger partial charge is 0.481 e. The zero-order valence-corrected chi connectivity index (χ0v) is 12.3. The maximum absolute atomic E-state index is 12.1. The third-order valence-electron chi connectivity index (χ3n) is 4.20. The number of carbonyl (C=O) groups excluding carboxylic acids is 1. The van der Waals surface area contributed by atoms with Crippen LogP contribution in [-0.2, 0) is 16.0 Å². The van der Waals surface area contributed by atoms with Crippen LogP contribution in [0.1, 0.15) is 37.7 Å². The molecule has 1 aromatic rings. The van der Waals surface area contributed by atoms with Gasteiger partial charge in [0.1, 0.15) is 0 Å². The Hall–Kier alpha value is -1.84. The highest BCUT2D eigenvalue weighted by molar-refractivity contribution is 5.84. The Kier molecular flexibility index (Phi) is 5.78. The van der Waals surface area contributed by atoms with E-state index in [1.54, 1.807) is 0 Å². The van der Waals surface area contributed by atoms with Crippen molar-refractivity contribution in [3.8, 4) is 0 Å². The lowest BCUT2D eigenvalue weighted by atomic mass is 9.78. The summed E-state index contributed by atoms with van der Waals surface area (Å²) in [5, 5.41) is 12.1. The van der Waals surface area contributed by atoms with Crippen LogP contribution in [0.5, 0.6) is 0 Å². The molecule has 0 bridgehead atoms. The Morgan fingerprint density at radius 2 is 1.76 bits per heavy atom. The summed E-state index contributed by atoms with van der Waals surface area (Å²) in [4.78, 5) is 23.4. The van der Waals surface area contributed by atoms with Crippen LogP contribution in [0.25, 0.3) is 0 Å². The number of rotatable bonds is 6. The molecular formula is C17H23NO3. The average molecular weight is 289 g/mol. The number of aryl methyl sites for hydroxylation is 1. The molecule has 4 heteroatoms. The Balaban J connectivity index is 1.74. The fraction of sp³-hybridized carbons (Fsp3) is 0.529. The van der Waals surface area contributed by atoms with E-state index in [9.17, 15) is 14.7 Å². The van der Waals surface area contributed by atoms with Crippen molar-refractivity contribution in [2.45, 2.75) is 38.5 Å². The van der Waals surface area contributed by atoms with E-state index < -0.39 is 11.9 Å². The molecule has 1 fully saturated rings. The molecule has 21 heavy (non-hydrogen) atoms. The zero-order chi connectivity index (χ0) is 15.1. The van der Waals surface area contributed by atoms with Crippen LogP contribution in [0.3, 0.4) is 0 Å². The molecule has 0 saturated heterocycles. The average Bonchev–Trinajstić information content (AvgIpc) is 2.52. The smallest absolute Gasteiger partial charge is 0.307 e. The van der Waals surface area contributed by atoms with Crippen molar-refractivity contribution < 1.29 is 14.7 Å². The van der Waals surface area contributed by atoms with Gasteiger partial charge in [-0.15, -0.1) is 0 Å². The summed E-state index contributed by atoms with van der Waals surface area (Å²) in [6.45, 7) is 0.608. The fourth-order valence-electron chi connectivity index (χ4n) is 3.02. The number of aliphatic carboxylic acids is 1. The van der Waals surface area contributed by atoms with Crippen LogP contribution in [0.2, 0.25) is 0 Å². The molecule has 4 nitrogen and oxygen atoms in total. The third-order valence-corrected chi connectivity index (χ3v) is 4.20. The first-order valence-electron chi connectivity index (χ1n) is 7.73. The molecule has 0 aromatic heterocycles. The van der Waals surface area contributed by atoms with Gasteiger partial charge in [0.25, 0.3) is 0 Å². The van der Waals surface area contributed by atoms with Crippen molar-refractivity contribution in [2.75, 3.05) is 6.54 Å². The number of carbonyl (C=O) groups is 2. The normalized spacial score (nSPS) is 21.7. The number of carboxylic acid groups (broad SMARTS) is 1. The summed E-state index contributed by atoms with van der Waals surface area (Å²) < 4.78 is 0. The number of benzene rings is 1. The molecule has 0 heterocycles. The topological polar surface area (TPSA) is 66.4 Å². The summed E-state index contributed by atoms with van der Waals surface area (Å²) in [7, 11) is 0. The van der Waals surface area contributed by atoms with Crippen LogP contribution in [0.4, 0.5) is 0 Å². The fourth-order valence-corrected chi connectivity index (χ4v) is 3.02. The lowest BCUT2D eigenvalue weighted by Gasteiger charge is -2.27. The summed E-state index contributed by atoms with van der Waals surface area (Å²) in [5.41, 5.74) is 1.26. The summed E-state index contributed by atoms with van der Waals surface area (Å²) in [5.74, 6) is -1.78. The van der Waals surface area contributed by atoms with Crippen LogP contribution in [-0.4, -0.2) is 23.5 Å². The molecule has 1 aliphatic carbocycles. The van der Waals surface area contributed by atoms with Gasteiger partial charge in [-0.2, -0.15) is 0 Å². The number of hydrogen-bond acceptors (Lipinski definition) is 2. The Morgan fingerprint density at radius 3 is 2.43 bits per heavy atom. The highest BCUT2D eigenvalue weighted by Crippen LogP contribution is 2.30. The molecule has 1 saturated carbocycles. The van der Waals surface area contributed by atoms with Crippen molar-refractivity contribution in [3.05, 3.63) is 35.9 Å². The number of carboxylic acids is 1. The van der Waals surface area contributed by atoms with Crippen LogP contribution in [0.15, 0.2) is 30.3 Å². The van der Waals surface area contributed by atoms with Crippen molar-refractivity contribution in [1.29, 1.82) is 0 Å². The molecule has 1 amide bonds. The number of amides is 1. The van der Waals surface area contributed by atoms with Gasteiger partial charge in [0.2, 0.25) is 5.91 Å². The van der Waals surface area contributed by atoms with Crippen LogP contribution < -0.4 is 5.32 Å². The first kappa shape index (κ1) is 15.5. The highest BCUT2D eigenvalue weighted by Gasteiger charge is 2.35. The first-order valence-corrected chi connectivity index (χ1v) is 7.73. The lowest BCUT2D eigenvalue weighted by molar-refractivity contribution is -0.148. The SMILES string of the molecule is O=C(O)[C@H]1CCCC[C@H]1C(=O)NCCCc1ccccc1. The van der Waals surface area contributed by atoms with E-state index >= 15 is 0 Å². The van der Waals surface area contributed by atoms with Crippen LogP contribution in [0, 0.1) is 11.8 Å². The first-order chi connectivity index (χ1) is 10.2. The van der Waals surface area contributed by atoms with Gasteiger partial charge >= 0.3 is 5.97 Å². The van der Waals surface area contributed by atoms with Gasteiger partial charge in [-0.05, 0) is 31.2 Å². The summed E-state index contributed by atoms with van der Waals surface area (Å²) in [6.07, 6.45) is 4.98. The molecule has 1 aromatic carbocycles. The van der Waals surface area contributed by atoms with E-state index in [0.717, 1.165) is 25.7 Å². The molecule has 0 unspecified atom stereocenters. The van der Waals surface area contributed by atoms with Gasteiger partial charge in [-0.1, -0.05) is 43.2 Å². The van der Waals surface area contributed by atoms with Gasteiger partial charge in [0.05, 0.1) is 11.8 Å². The van der Waals surface area contributed by atoms with Crippen molar-refractivity contribution in [2.24, 2.45) is 11.8 Å². The highest BCUT2D eigenvalue weighted by atomic mass is 16.4. The molecule has 114 valence electrons. The predicted molar refractivity (Wildman–Crippen MR) is 80.9 cm³/mol. The predicted octanol–water partition coefficient (Wildman–Crippen LogP) is 2.63. The van der Waals surface area contributed by atoms with E-state index in [2.05, 4.69) is 17.4 Å². The Morgan fingerprint density at radius 1 is 1.10 bits per heavy atom. The zero-order valence-electron chi connectivity index (χ0n) is 12.3. The standard InChI is InChI=1S/C17H23NO3/c19-16(14-10-4-5-11-15(14)17(20)21)18-12-6-9-13-7-2-1-3-8-13/h1-3,7-8,14-15H,4-6,9-12H2,(H,18,19)(H,20,21)/t14-,15+/m1/s1. The molecular weight excluding hydrogens is 266 g/mol. The number of nitrogens with one attached hydrogen (secondary N) is 1. The second-order valence-corrected chi connectivity index (χ2v) is 5.72. The minimum Gasteiger partial charge on any atom is -0.481 e. The van der Waals surface area contributed by atoms with Crippen molar-refractivity contribution >= 4 is 11.9 Å². The number of hydrogen-bond donors (Lipinski definition) is 2. The lowest BCUT2D eigenvalue weighted by Crippen LogP contribution is -2.40. The van der Waals surface area contributed by atoms with E-state index in [-0.39, 0.29) is 11.8 Å². The molecule has 0 radical (unpaired) electrons. The van der Waals surface area contributed by atoms with Crippen molar-refractivity contribution in [1.82, 2.24) is 5.32 Å². The molecule has 0 spiro atoms. The second-order valence-electron chi connectivity index (χ2n) is 5.72. The van der Waals surface area contributed by atoms with Gasteiger partial charge in [-0.25, -0.2) is 0 Å². The van der Waals surface area contributed by atoms with Gasteiger partial charge < -0.3 is 10.4 Å². The van der Waals surface area contributed by atoms with E-state index in [1.807, 2.05) is 18.2 Å². The molecule has 0 aliphatic heterocycles. The van der Waals surface area contributed by atoms with Gasteiger partial charge in [0, 0.05) is 6.54 Å². The minimum absolute atomic E-state index is 0.0878. The van der Waals surface area contributed by atoms with E-state index in [4.69, 9.17) is 0 Å². The molecule has 2 rings (SSSR count).